The van der Waals surface area contributed by atoms with Crippen LogP contribution in [0.15, 0.2) is 42.9 Å². The molecule has 1 saturated heterocycles. The molecule has 2 fully saturated rings. The molecular formula is C25H25ClFN5O2. The minimum absolute atomic E-state index is 0.114. The van der Waals surface area contributed by atoms with Gasteiger partial charge >= 0.3 is 0 Å². The van der Waals surface area contributed by atoms with Crippen LogP contribution in [0.25, 0.3) is 11.4 Å². The summed E-state index contributed by atoms with van der Waals surface area (Å²) in [5.41, 5.74) is 2.25. The first-order valence-corrected chi connectivity index (χ1v) is 11.9. The summed E-state index contributed by atoms with van der Waals surface area (Å²) in [6, 6.07) is 6.08. The Morgan fingerprint density at radius 1 is 1.15 bits per heavy atom. The summed E-state index contributed by atoms with van der Waals surface area (Å²) in [6.45, 7) is 2.10. The molecule has 5 rings (SSSR count). The van der Waals surface area contributed by atoms with Crippen LogP contribution in [0.2, 0.25) is 5.02 Å². The second kappa shape index (κ2) is 10.0. The fraction of sp³-hybridized carbons (Fsp3) is 0.360. The van der Waals surface area contributed by atoms with Crippen LogP contribution in [0.3, 0.4) is 0 Å². The number of ether oxygens (including phenoxy) is 1. The Hall–Kier alpha value is -3.10. The van der Waals surface area contributed by atoms with Gasteiger partial charge in [-0.1, -0.05) is 24.4 Å². The zero-order valence-corrected chi connectivity index (χ0v) is 19.4. The quantitative estimate of drug-likeness (QED) is 0.539. The highest BCUT2D eigenvalue weighted by Gasteiger charge is 2.25. The maximum Gasteiger partial charge on any atom is 0.257 e. The molecule has 2 aromatic heterocycles. The average molecular weight is 482 g/mol. The molecular weight excluding hydrogens is 457 g/mol. The molecule has 0 radical (unpaired) electrons. The number of pyridine rings is 1. The maximum atomic E-state index is 14.6. The number of rotatable bonds is 5. The van der Waals surface area contributed by atoms with Crippen molar-refractivity contribution >= 4 is 29.0 Å². The topological polar surface area (TPSA) is 80.2 Å². The fourth-order valence-corrected chi connectivity index (χ4v) is 4.74. The molecule has 1 saturated carbocycles. The van der Waals surface area contributed by atoms with E-state index >= 15 is 0 Å². The third-order valence-corrected chi connectivity index (χ3v) is 6.62. The standard InChI is InChI=1S/C25H25ClFN5O2/c26-17-5-6-21(27)18(13-17)23-29-15-19(16-3-1-2-4-16)24(31-23)30-22-7-8-28-14-20(22)25(33)32-9-11-34-12-10-32/h5-8,13-16H,1-4,9-12H2,(H,28,29,30,31). The normalized spacial score (nSPS) is 16.6. The largest absolute Gasteiger partial charge is 0.378 e. The van der Waals surface area contributed by atoms with Gasteiger partial charge in [0, 0.05) is 42.3 Å². The number of hydrogen-bond donors (Lipinski definition) is 1. The summed E-state index contributed by atoms with van der Waals surface area (Å²) < 4.78 is 19.9. The number of carbonyl (C=O) groups excluding carboxylic acids is 1. The predicted octanol–water partition coefficient (Wildman–Crippen LogP) is 5.20. The molecule has 0 atom stereocenters. The van der Waals surface area contributed by atoms with Crippen LogP contribution in [0.4, 0.5) is 15.9 Å². The van der Waals surface area contributed by atoms with Crippen LogP contribution >= 0.6 is 11.6 Å². The number of aromatic nitrogens is 3. The predicted molar refractivity (Wildman–Crippen MR) is 128 cm³/mol. The summed E-state index contributed by atoms with van der Waals surface area (Å²) in [5.74, 6) is 0.548. The van der Waals surface area contributed by atoms with Gasteiger partial charge in [-0.15, -0.1) is 0 Å². The number of amides is 1. The van der Waals surface area contributed by atoms with Gasteiger partial charge in [0.15, 0.2) is 5.82 Å². The van der Waals surface area contributed by atoms with Crippen molar-refractivity contribution in [3.63, 3.8) is 0 Å². The lowest BCUT2D eigenvalue weighted by Crippen LogP contribution is -2.40. The highest BCUT2D eigenvalue weighted by Crippen LogP contribution is 2.39. The van der Waals surface area contributed by atoms with Gasteiger partial charge in [-0.3, -0.25) is 9.78 Å². The molecule has 176 valence electrons. The number of hydrogen-bond acceptors (Lipinski definition) is 6. The van der Waals surface area contributed by atoms with E-state index in [0.29, 0.717) is 54.3 Å². The summed E-state index contributed by atoms with van der Waals surface area (Å²) in [7, 11) is 0. The van der Waals surface area contributed by atoms with Gasteiger partial charge in [-0.2, -0.15) is 0 Å². The number of halogens is 2. The summed E-state index contributed by atoms with van der Waals surface area (Å²) in [5, 5.41) is 3.76. The van der Waals surface area contributed by atoms with Crippen molar-refractivity contribution in [1.29, 1.82) is 0 Å². The molecule has 2 aliphatic rings. The smallest absolute Gasteiger partial charge is 0.257 e. The Balaban J connectivity index is 1.54. The van der Waals surface area contributed by atoms with Crippen molar-refractivity contribution in [3.8, 4) is 11.4 Å². The third kappa shape index (κ3) is 4.74. The van der Waals surface area contributed by atoms with Crippen molar-refractivity contribution in [1.82, 2.24) is 19.9 Å². The molecule has 1 amide bonds. The van der Waals surface area contributed by atoms with E-state index < -0.39 is 5.82 Å². The first kappa shape index (κ1) is 22.7. The number of nitrogens with zero attached hydrogens (tertiary/aromatic N) is 4. The van der Waals surface area contributed by atoms with Crippen molar-refractivity contribution in [2.24, 2.45) is 0 Å². The summed E-state index contributed by atoms with van der Waals surface area (Å²) in [4.78, 5) is 28.3. The van der Waals surface area contributed by atoms with E-state index in [0.717, 1.165) is 31.2 Å². The highest BCUT2D eigenvalue weighted by atomic mass is 35.5. The molecule has 0 bridgehead atoms. The molecule has 1 aromatic carbocycles. The zero-order valence-electron chi connectivity index (χ0n) is 18.6. The van der Waals surface area contributed by atoms with E-state index in [9.17, 15) is 9.18 Å². The third-order valence-electron chi connectivity index (χ3n) is 6.38. The number of carbonyl (C=O) groups is 1. The molecule has 1 aliphatic heterocycles. The van der Waals surface area contributed by atoms with Crippen LogP contribution < -0.4 is 5.32 Å². The van der Waals surface area contributed by atoms with Crippen LogP contribution in [0.5, 0.6) is 0 Å². The Labute approximate surface area is 202 Å². The SMILES string of the molecule is O=C(c1cnccc1Nc1nc(-c2cc(Cl)ccc2F)ncc1C1CCCC1)N1CCOCC1. The number of nitrogens with one attached hydrogen (secondary N) is 1. The minimum atomic E-state index is -0.448. The molecule has 1 N–H and O–H groups in total. The van der Waals surface area contributed by atoms with Gasteiger partial charge in [0.2, 0.25) is 0 Å². The van der Waals surface area contributed by atoms with Crippen molar-refractivity contribution in [3.05, 3.63) is 64.8 Å². The second-order valence-electron chi connectivity index (χ2n) is 8.55. The van der Waals surface area contributed by atoms with E-state index in [1.165, 1.54) is 18.2 Å². The van der Waals surface area contributed by atoms with E-state index in [-0.39, 0.29) is 17.3 Å². The molecule has 9 heteroatoms. The summed E-state index contributed by atoms with van der Waals surface area (Å²) >= 11 is 6.10. The first-order valence-electron chi connectivity index (χ1n) is 11.5. The lowest BCUT2D eigenvalue weighted by Gasteiger charge is -2.27. The van der Waals surface area contributed by atoms with E-state index in [1.807, 2.05) is 0 Å². The van der Waals surface area contributed by atoms with Gasteiger partial charge < -0.3 is 15.0 Å². The summed E-state index contributed by atoms with van der Waals surface area (Å²) in [6.07, 6.45) is 9.33. The van der Waals surface area contributed by atoms with Gasteiger partial charge in [0.1, 0.15) is 11.6 Å². The van der Waals surface area contributed by atoms with Crippen molar-refractivity contribution < 1.29 is 13.9 Å². The molecule has 0 spiro atoms. The first-order chi connectivity index (χ1) is 16.6. The lowest BCUT2D eigenvalue weighted by atomic mass is 9.99. The lowest BCUT2D eigenvalue weighted by molar-refractivity contribution is 0.0303. The van der Waals surface area contributed by atoms with E-state index in [1.54, 1.807) is 29.6 Å². The van der Waals surface area contributed by atoms with Crippen LogP contribution in [0.1, 0.15) is 47.5 Å². The number of anilines is 2. The van der Waals surface area contributed by atoms with Gasteiger partial charge in [-0.25, -0.2) is 14.4 Å². The Morgan fingerprint density at radius 3 is 2.74 bits per heavy atom. The van der Waals surface area contributed by atoms with Crippen LogP contribution in [-0.2, 0) is 4.74 Å². The molecule has 34 heavy (non-hydrogen) atoms. The van der Waals surface area contributed by atoms with Crippen molar-refractivity contribution in [2.75, 3.05) is 31.6 Å². The molecule has 3 aromatic rings. The fourth-order valence-electron chi connectivity index (χ4n) is 4.56. The van der Waals surface area contributed by atoms with Crippen molar-refractivity contribution in [2.45, 2.75) is 31.6 Å². The number of morpholine rings is 1. The average Bonchev–Trinajstić information content (AvgIpc) is 3.41. The van der Waals surface area contributed by atoms with E-state index in [4.69, 9.17) is 21.3 Å². The zero-order chi connectivity index (χ0) is 23.5. The second-order valence-corrected chi connectivity index (χ2v) is 8.99. The van der Waals surface area contributed by atoms with E-state index in [2.05, 4.69) is 15.3 Å². The number of benzene rings is 1. The van der Waals surface area contributed by atoms with Gasteiger partial charge in [-0.05, 0) is 43.0 Å². The van der Waals surface area contributed by atoms with Gasteiger partial charge in [0.05, 0.1) is 30.0 Å². The maximum absolute atomic E-state index is 14.6. The van der Waals surface area contributed by atoms with Crippen LogP contribution in [-0.4, -0.2) is 52.1 Å². The minimum Gasteiger partial charge on any atom is -0.378 e. The Morgan fingerprint density at radius 2 is 1.94 bits per heavy atom. The van der Waals surface area contributed by atoms with Gasteiger partial charge in [0.25, 0.3) is 5.91 Å². The monoisotopic (exact) mass is 481 g/mol. The molecule has 1 aliphatic carbocycles. The Bertz CT molecular complexity index is 1200. The molecule has 0 unspecified atom stereocenters. The van der Waals surface area contributed by atoms with Crippen LogP contribution in [0, 0.1) is 5.82 Å². The Kier molecular flexibility index (Phi) is 6.69. The molecule has 7 nitrogen and oxygen atoms in total. The highest BCUT2D eigenvalue weighted by molar-refractivity contribution is 6.30. The molecule has 3 heterocycles.